The number of rotatable bonds is 6. The Balaban J connectivity index is 1.73. The molecule has 0 unspecified atom stereocenters. The minimum atomic E-state index is -3.72. The van der Waals surface area contributed by atoms with Crippen molar-refractivity contribution in [3.05, 3.63) is 89.1 Å². The molecule has 2 heterocycles. The molecule has 0 N–H and O–H groups in total. The van der Waals surface area contributed by atoms with Gasteiger partial charge < -0.3 is 4.42 Å². The maximum atomic E-state index is 13.3. The van der Waals surface area contributed by atoms with Crippen LogP contribution in [-0.2, 0) is 16.6 Å². The standard InChI is InChI=1S/C22H20N2O3S2/c1-16-10-12-18(13-11-16)22-23-20(17(2)27-22)15-24(19-7-4-3-5-8-19)29(25,26)21-9-6-14-28-21/h3-14H,15H2,1-2H3. The molecule has 4 rings (SSSR count). The van der Waals surface area contributed by atoms with Crippen LogP contribution in [0.5, 0.6) is 0 Å². The molecule has 5 nitrogen and oxygen atoms in total. The topological polar surface area (TPSA) is 63.4 Å². The second kappa shape index (κ2) is 7.85. The number of sulfonamides is 1. The molecule has 0 aliphatic heterocycles. The smallest absolute Gasteiger partial charge is 0.274 e. The lowest BCUT2D eigenvalue weighted by atomic mass is 10.1. The Hall–Kier alpha value is -2.90. The predicted octanol–water partition coefficient (Wildman–Crippen LogP) is 5.42. The van der Waals surface area contributed by atoms with E-state index < -0.39 is 10.0 Å². The molecule has 0 spiro atoms. The first-order chi connectivity index (χ1) is 13.9. The van der Waals surface area contributed by atoms with Gasteiger partial charge in [-0.15, -0.1) is 11.3 Å². The first kappa shape index (κ1) is 19.4. The van der Waals surface area contributed by atoms with Crippen LogP contribution in [-0.4, -0.2) is 13.4 Å². The molecule has 0 aliphatic rings. The van der Waals surface area contributed by atoms with Gasteiger partial charge >= 0.3 is 0 Å². The molecule has 4 aromatic rings. The monoisotopic (exact) mass is 424 g/mol. The second-order valence-electron chi connectivity index (χ2n) is 6.67. The van der Waals surface area contributed by atoms with E-state index in [2.05, 4.69) is 4.98 Å². The van der Waals surface area contributed by atoms with Crippen molar-refractivity contribution in [1.29, 1.82) is 0 Å². The molecule has 0 amide bonds. The molecule has 0 aliphatic carbocycles. The summed E-state index contributed by atoms with van der Waals surface area (Å²) in [5.74, 6) is 1.09. The van der Waals surface area contributed by atoms with Gasteiger partial charge in [0.1, 0.15) is 15.7 Å². The number of para-hydroxylation sites is 1. The van der Waals surface area contributed by atoms with Gasteiger partial charge in [0.25, 0.3) is 10.0 Å². The maximum Gasteiger partial charge on any atom is 0.274 e. The number of thiophene rings is 1. The average Bonchev–Trinajstić information content (AvgIpc) is 3.38. The van der Waals surface area contributed by atoms with Crippen molar-refractivity contribution in [3.8, 4) is 11.5 Å². The highest BCUT2D eigenvalue weighted by Crippen LogP contribution is 2.30. The molecule has 0 atom stereocenters. The van der Waals surface area contributed by atoms with E-state index in [9.17, 15) is 8.42 Å². The van der Waals surface area contributed by atoms with E-state index in [1.165, 1.54) is 15.6 Å². The van der Waals surface area contributed by atoms with Gasteiger partial charge in [-0.25, -0.2) is 13.4 Å². The summed E-state index contributed by atoms with van der Waals surface area (Å²) in [6.07, 6.45) is 0. The van der Waals surface area contributed by atoms with Gasteiger partial charge in [-0.3, -0.25) is 4.31 Å². The fourth-order valence-electron chi connectivity index (χ4n) is 2.96. The molecule has 0 saturated heterocycles. The number of hydrogen-bond acceptors (Lipinski definition) is 5. The first-order valence-corrected chi connectivity index (χ1v) is 11.4. The van der Waals surface area contributed by atoms with Gasteiger partial charge in [-0.2, -0.15) is 0 Å². The van der Waals surface area contributed by atoms with E-state index in [1.807, 2.05) is 49.4 Å². The zero-order valence-electron chi connectivity index (χ0n) is 16.1. The summed E-state index contributed by atoms with van der Waals surface area (Å²) in [5, 5.41) is 1.76. The van der Waals surface area contributed by atoms with Crippen LogP contribution < -0.4 is 4.31 Å². The third-order valence-electron chi connectivity index (χ3n) is 4.57. The van der Waals surface area contributed by atoms with E-state index in [1.54, 1.807) is 36.6 Å². The lowest BCUT2D eigenvalue weighted by Crippen LogP contribution is -2.30. The Kier molecular flexibility index (Phi) is 5.25. The van der Waals surface area contributed by atoms with Crippen LogP contribution >= 0.6 is 11.3 Å². The van der Waals surface area contributed by atoms with Crippen molar-refractivity contribution in [1.82, 2.24) is 4.98 Å². The zero-order chi connectivity index (χ0) is 20.4. The summed E-state index contributed by atoms with van der Waals surface area (Å²) in [6, 6.07) is 20.3. The van der Waals surface area contributed by atoms with Crippen molar-refractivity contribution in [2.24, 2.45) is 0 Å². The molecular weight excluding hydrogens is 404 g/mol. The first-order valence-electron chi connectivity index (χ1n) is 9.10. The van der Waals surface area contributed by atoms with Crippen molar-refractivity contribution in [2.75, 3.05) is 4.31 Å². The average molecular weight is 425 g/mol. The molecule has 7 heteroatoms. The third-order valence-corrected chi connectivity index (χ3v) is 7.72. The van der Waals surface area contributed by atoms with Crippen LogP contribution in [0.25, 0.3) is 11.5 Å². The van der Waals surface area contributed by atoms with E-state index >= 15 is 0 Å². The molecule has 0 saturated carbocycles. The van der Waals surface area contributed by atoms with E-state index in [0.29, 0.717) is 27.2 Å². The van der Waals surface area contributed by atoms with Crippen LogP contribution in [0.15, 0.2) is 80.7 Å². The van der Waals surface area contributed by atoms with Crippen LogP contribution in [0.4, 0.5) is 5.69 Å². The minimum Gasteiger partial charge on any atom is -0.441 e. The molecule has 0 fully saturated rings. The van der Waals surface area contributed by atoms with Gasteiger partial charge in [0.15, 0.2) is 0 Å². The van der Waals surface area contributed by atoms with Crippen molar-refractivity contribution in [2.45, 2.75) is 24.6 Å². The lowest BCUT2D eigenvalue weighted by molar-refractivity contribution is 0.539. The Morgan fingerprint density at radius 1 is 0.966 bits per heavy atom. The molecule has 29 heavy (non-hydrogen) atoms. The molecular formula is C22H20N2O3S2. The highest BCUT2D eigenvalue weighted by atomic mass is 32.2. The fraction of sp³-hybridized carbons (Fsp3) is 0.136. The summed E-state index contributed by atoms with van der Waals surface area (Å²) in [4.78, 5) is 4.60. The van der Waals surface area contributed by atoms with E-state index in [-0.39, 0.29) is 6.54 Å². The van der Waals surface area contributed by atoms with Gasteiger partial charge in [0, 0.05) is 5.56 Å². The summed E-state index contributed by atoms with van der Waals surface area (Å²) in [5.41, 5.74) is 3.18. The zero-order valence-corrected chi connectivity index (χ0v) is 17.7. The summed E-state index contributed by atoms with van der Waals surface area (Å²) < 4.78 is 34.1. The number of aryl methyl sites for hydroxylation is 2. The Morgan fingerprint density at radius 3 is 2.34 bits per heavy atom. The maximum absolute atomic E-state index is 13.3. The van der Waals surface area contributed by atoms with Gasteiger partial charge in [-0.1, -0.05) is 42.0 Å². The molecule has 0 radical (unpaired) electrons. The Morgan fingerprint density at radius 2 is 1.69 bits per heavy atom. The largest absolute Gasteiger partial charge is 0.441 e. The van der Waals surface area contributed by atoms with Crippen molar-refractivity contribution < 1.29 is 12.8 Å². The number of hydrogen-bond donors (Lipinski definition) is 0. The normalized spacial score (nSPS) is 11.5. The molecule has 2 aromatic carbocycles. The van der Waals surface area contributed by atoms with Crippen LogP contribution in [0.2, 0.25) is 0 Å². The quantitative estimate of drug-likeness (QED) is 0.415. The van der Waals surface area contributed by atoms with Crippen LogP contribution in [0.3, 0.4) is 0 Å². The number of anilines is 1. The van der Waals surface area contributed by atoms with Crippen molar-refractivity contribution in [3.63, 3.8) is 0 Å². The van der Waals surface area contributed by atoms with Crippen LogP contribution in [0, 0.1) is 13.8 Å². The highest BCUT2D eigenvalue weighted by molar-refractivity contribution is 7.94. The molecule has 2 aromatic heterocycles. The number of oxazole rings is 1. The van der Waals surface area contributed by atoms with Crippen molar-refractivity contribution >= 4 is 27.0 Å². The van der Waals surface area contributed by atoms with Gasteiger partial charge in [0.05, 0.1) is 12.2 Å². The second-order valence-corrected chi connectivity index (χ2v) is 9.70. The van der Waals surface area contributed by atoms with E-state index in [4.69, 9.17) is 4.42 Å². The van der Waals surface area contributed by atoms with E-state index in [0.717, 1.165) is 11.1 Å². The Labute approximate surface area is 174 Å². The minimum absolute atomic E-state index is 0.0887. The number of nitrogens with zero attached hydrogens (tertiary/aromatic N) is 2. The van der Waals surface area contributed by atoms with Gasteiger partial charge in [-0.05, 0) is 49.6 Å². The molecule has 0 bridgehead atoms. The Bertz CT molecular complexity index is 1200. The summed E-state index contributed by atoms with van der Waals surface area (Å²) >= 11 is 1.20. The van der Waals surface area contributed by atoms with Gasteiger partial charge in [0.2, 0.25) is 5.89 Å². The SMILES string of the molecule is Cc1ccc(-c2nc(CN(c3ccccc3)S(=O)(=O)c3cccs3)c(C)o2)cc1. The lowest BCUT2D eigenvalue weighted by Gasteiger charge is -2.23. The molecule has 148 valence electrons. The summed E-state index contributed by atoms with van der Waals surface area (Å²) in [7, 11) is -3.72. The summed E-state index contributed by atoms with van der Waals surface area (Å²) in [6.45, 7) is 3.91. The fourth-order valence-corrected chi connectivity index (χ4v) is 5.49. The number of aromatic nitrogens is 1. The van der Waals surface area contributed by atoms with Crippen LogP contribution in [0.1, 0.15) is 17.0 Å². The highest BCUT2D eigenvalue weighted by Gasteiger charge is 2.28. The third kappa shape index (κ3) is 3.97. The number of benzene rings is 2. The predicted molar refractivity (Wildman–Crippen MR) is 116 cm³/mol.